The fourth-order valence-electron chi connectivity index (χ4n) is 3.19. The van der Waals surface area contributed by atoms with Gasteiger partial charge in [-0.1, -0.05) is 0 Å². The Morgan fingerprint density at radius 2 is 2.08 bits per heavy atom. The van der Waals surface area contributed by atoms with Crippen LogP contribution in [0.25, 0.3) is 0 Å². The molecule has 3 atom stereocenters. The Morgan fingerprint density at radius 1 is 1.38 bits per heavy atom. The van der Waals surface area contributed by atoms with Gasteiger partial charge in [0.05, 0.1) is 43.4 Å². The van der Waals surface area contributed by atoms with Gasteiger partial charge in [0, 0.05) is 19.5 Å². The second kappa shape index (κ2) is 7.35. The van der Waals surface area contributed by atoms with Crippen molar-refractivity contribution in [1.29, 1.82) is 0 Å². The van der Waals surface area contributed by atoms with Crippen LogP contribution in [0.1, 0.15) is 6.42 Å². The minimum Gasteiger partial charge on any atom is -0.497 e. The molecule has 2 N–H and O–H groups in total. The Balaban J connectivity index is 1.60. The van der Waals surface area contributed by atoms with Crippen LogP contribution in [-0.4, -0.2) is 75.9 Å². The lowest BCUT2D eigenvalue weighted by Gasteiger charge is -2.23. The number of hydrogen-bond donors (Lipinski definition) is 2. The van der Waals surface area contributed by atoms with Crippen molar-refractivity contribution in [2.75, 3.05) is 33.4 Å². The van der Waals surface area contributed by atoms with E-state index in [1.165, 1.54) is 36.3 Å². The molecule has 3 rings (SSSR count). The lowest BCUT2D eigenvalue weighted by molar-refractivity contribution is -0.00722. The number of alkyl halides is 2. The molecule has 0 radical (unpaired) electrons. The van der Waals surface area contributed by atoms with Gasteiger partial charge in [-0.2, -0.15) is 0 Å². The number of nitrogens with zero attached hydrogens (tertiary/aromatic N) is 1. The number of rotatable bonds is 6. The van der Waals surface area contributed by atoms with Crippen LogP contribution in [0.3, 0.4) is 0 Å². The van der Waals surface area contributed by atoms with Gasteiger partial charge in [-0.15, -0.1) is 0 Å². The number of hydrogen-bond acceptors (Lipinski definition) is 6. The first-order valence-electron chi connectivity index (χ1n) is 8.26. The summed E-state index contributed by atoms with van der Waals surface area (Å²) in [6, 6.07) is 4.99. The number of aliphatic hydroxyl groups is 1. The van der Waals surface area contributed by atoms with Crippen molar-refractivity contribution in [3.05, 3.63) is 24.3 Å². The molecule has 146 valence electrons. The highest BCUT2D eigenvalue weighted by molar-refractivity contribution is 7.89. The summed E-state index contributed by atoms with van der Waals surface area (Å²) in [5.41, 5.74) is 0. The van der Waals surface area contributed by atoms with Crippen LogP contribution >= 0.6 is 0 Å². The van der Waals surface area contributed by atoms with E-state index in [2.05, 4.69) is 4.72 Å². The first-order chi connectivity index (χ1) is 12.2. The summed E-state index contributed by atoms with van der Waals surface area (Å²) in [7, 11) is -2.37. The van der Waals surface area contributed by atoms with Crippen molar-refractivity contribution in [2.24, 2.45) is 0 Å². The van der Waals surface area contributed by atoms with Crippen molar-refractivity contribution in [1.82, 2.24) is 9.62 Å². The number of halogens is 2. The fourth-order valence-corrected chi connectivity index (χ4v) is 4.42. The number of aliphatic hydroxyl groups excluding tert-OH is 1. The van der Waals surface area contributed by atoms with E-state index in [0.717, 1.165) is 0 Å². The Kier molecular flexibility index (Phi) is 5.50. The highest BCUT2D eigenvalue weighted by Crippen LogP contribution is 2.28. The van der Waals surface area contributed by atoms with Crippen molar-refractivity contribution < 1.29 is 31.8 Å². The summed E-state index contributed by atoms with van der Waals surface area (Å²) in [5, 5.41) is 10.3. The molecule has 2 fully saturated rings. The number of sulfonamides is 1. The fraction of sp³-hybridized carbons (Fsp3) is 0.625. The molecule has 0 unspecified atom stereocenters. The summed E-state index contributed by atoms with van der Waals surface area (Å²) in [6.07, 6.45) is -2.05. The Labute approximate surface area is 150 Å². The number of likely N-dealkylation sites (tertiary alicyclic amines) is 1. The van der Waals surface area contributed by atoms with Gasteiger partial charge in [-0.25, -0.2) is 21.9 Å². The molecule has 2 saturated heterocycles. The largest absolute Gasteiger partial charge is 0.497 e. The van der Waals surface area contributed by atoms with Gasteiger partial charge in [-0.05, 0) is 24.3 Å². The Bertz CT molecular complexity index is 729. The van der Waals surface area contributed by atoms with E-state index in [1.807, 2.05) is 0 Å². The van der Waals surface area contributed by atoms with Crippen LogP contribution in [0.2, 0.25) is 0 Å². The molecule has 2 aliphatic rings. The van der Waals surface area contributed by atoms with Crippen LogP contribution in [0, 0.1) is 0 Å². The molecule has 0 saturated carbocycles. The van der Waals surface area contributed by atoms with E-state index in [-0.39, 0.29) is 37.6 Å². The number of benzene rings is 1. The topological polar surface area (TPSA) is 88.1 Å². The third-order valence-electron chi connectivity index (χ3n) is 4.65. The monoisotopic (exact) mass is 392 g/mol. The molecule has 0 aliphatic carbocycles. The predicted molar refractivity (Wildman–Crippen MR) is 88.9 cm³/mol. The van der Waals surface area contributed by atoms with E-state index in [0.29, 0.717) is 5.75 Å². The van der Waals surface area contributed by atoms with Crippen molar-refractivity contribution in [2.45, 2.75) is 35.5 Å². The van der Waals surface area contributed by atoms with Gasteiger partial charge in [0.25, 0.3) is 5.92 Å². The molecule has 7 nitrogen and oxygen atoms in total. The molecule has 0 amide bonds. The van der Waals surface area contributed by atoms with Gasteiger partial charge in [0.15, 0.2) is 0 Å². The first-order valence-corrected chi connectivity index (χ1v) is 9.75. The zero-order valence-electron chi connectivity index (χ0n) is 14.3. The average Bonchev–Trinajstić information content (AvgIpc) is 3.11. The summed E-state index contributed by atoms with van der Waals surface area (Å²) in [4.78, 5) is 1.56. The maximum Gasteiger partial charge on any atom is 0.261 e. The van der Waals surface area contributed by atoms with Crippen molar-refractivity contribution in [3.8, 4) is 5.75 Å². The van der Waals surface area contributed by atoms with Gasteiger partial charge in [-0.3, -0.25) is 4.90 Å². The average molecular weight is 392 g/mol. The molecule has 2 aliphatic heterocycles. The van der Waals surface area contributed by atoms with Gasteiger partial charge >= 0.3 is 0 Å². The highest BCUT2D eigenvalue weighted by atomic mass is 32.2. The van der Waals surface area contributed by atoms with Gasteiger partial charge < -0.3 is 14.6 Å². The molecule has 2 heterocycles. The van der Waals surface area contributed by atoms with Gasteiger partial charge in [0.1, 0.15) is 5.75 Å². The summed E-state index contributed by atoms with van der Waals surface area (Å²) in [5.74, 6) is -2.20. The quantitative estimate of drug-likeness (QED) is 0.731. The second-order valence-corrected chi connectivity index (χ2v) is 8.32. The standard InChI is InChI=1S/C16H22F2N2O5S/c1-24-11-2-4-12(5-3-11)26(22,23)19-13-9-25-14(15(13)21)8-20-7-6-16(17,18)10-20/h2-5,13-15,19,21H,6-10H2,1H3/t13-,14-,15+/m0/s1. The van der Waals surface area contributed by atoms with Crippen LogP contribution < -0.4 is 9.46 Å². The third kappa shape index (κ3) is 4.32. The summed E-state index contributed by atoms with van der Waals surface area (Å²) >= 11 is 0. The smallest absolute Gasteiger partial charge is 0.261 e. The van der Waals surface area contributed by atoms with E-state index < -0.39 is 34.2 Å². The summed E-state index contributed by atoms with van der Waals surface area (Å²) in [6.45, 7) is -0.0351. The Hall–Kier alpha value is -1.33. The second-order valence-electron chi connectivity index (χ2n) is 6.61. The van der Waals surface area contributed by atoms with E-state index in [1.54, 1.807) is 0 Å². The molecule has 1 aromatic rings. The normalized spacial score (nSPS) is 29.2. The molecule has 0 spiro atoms. The Morgan fingerprint density at radius 3 is 2.65 bits per heavy atom. The molecule has 26 heavy (non-hydrogen) atoms. The summed E-state index contributed by atoms with van der Waals surface area (Å²) < 4.78 is 64.3. The van der Waals surface area contributed by atoms with E-state index >= 15 is 0 Å². The van der Waals surface area contributed by atoms with Crippen LogP contribution in [0.5, 0.6) is 5.75 Å². The van der Waals surface area contributed by atoms with Crippen molar-refractivity contribution in [3.63, 3.8) is 0 Å². The zero-order valence-corrected chi connectivity index (χ0v) is 15.1. The predicted octanol–water partition coefficient (Wildman–Crippen LogP) is 0.443. The lowest BCUT2D eigenvalue weighted by atomic mass is 10.1. The number of nitrogens with one attached hydrogen (secondary N) is 1. The van der Waals surface area contributed by atoms with E-state index in [9.17, 15) is 22.3 Å². The number of ether oxygens (including phenoxy) is 2. The minimum absolute atomic E-state index is 0.0224. The number of methoxy groups -OCH3 is 1. The van der Waals surface area contributed by atoms with E-state index in [4.69, 9.17) is 9.47 Å². The molecule has 0 bridgehead atoms. The minimum atomic E-state index is -3.85. The van der Waals surface area contributed by atoms with Crippen molar-refractivity contribution >= 4 is 10.0 Å². The molecule has 1 aromatic carbocycles. The van der Waals surface area contributed by atoms with Gasteiger partial charge in [0.2, 0.25) is 10.0 Å². The SMILES string of the molecule is COc1ccc(S(=O)(=O)N[C@H]2CO[C@@H](CN3CCC(F)(F)C3)[C@@H]2O)cc1. The van der Waals surface area contributed by atoms with Crippen LogP contribution in [0.15, 0.2) is 29.2 Å². The first kappa shape index (κ1) is 19.4. The molecular formula is C16H22F2N2O5S. The molecule has 10 heteroatoms. The highest BCUT2D eigenvalue weighted by Gasteiger charge is 2.43. The van der Waals surface area contributed by atoms with Crippen LogP contribution in [-0.2, 0) is 14.8 Å². The maximum absolute atomic E-state index is 13.3. The molecular weight excluding hydrogens is 370 g/mol. The maximum atomic E-state index is 13.3. The third-order valence-corrected chi connectivity index (χ3v) is 6.15. The molecule has 0 aromatic heterocycles. The van der Waals surface area contributed by atoms with Crippen LogP contribution in [0.4, 0.5) is 8.78 Å². The lowest BCUT2D eigenvalue weighted by Crippen LogP contribution is -2.46. The zero-order chi connectivity index (χ0) is 18.9.